The van der Waals surface area contributed by atoms with Crippen molar-refractivity contribution in [3.05, 3.63) is 242 Å². The van der Waals surface area contributed by atoms with Crippen molar-refractivity contribution in [2.45, 2.75) is 112 Å². The van der Waals surface area contributed by atoms with E-state index in [0.717, 1.165) is 17.2 Å². The summed E-state index contributed by atoms with van der Waals surface area (Å²) in [6.07, 6.45) is 8.12. The number of fused-ring (bicyclic) bond motifs is 3. The Kier molecular flexibility index (Phi) is 24.7. The van der Waals surface area contributed by atoms with Gasteiger partial charge in [0.15, 0.2) is 22.8 Å². The molecule has 3 atom stereocenters. The standard InChI is InChI=1S/C92H89Cl4F2N19O8/c1-13-54-39-53(23-31-73(119)110-34-37-113(51(10)45-110)83-60-42-65(95)77(76-63(93)27-29-70(99)101-76)104-87(60)115(90(122)106-83)80-49(8)19-18-21-57(80)47(4)5)40-55(14-2)82(54)117-86-62(41-64(94)75(103-86)59-20-16-17-22-67(59)97)85(108-92(117)124)114-38-35-111(46-69(114)89(121)125-12)74(120)32-25-56-24-26-58(48(6)7)81(52(56)11)116-88-61(43-66(96)78(105-88)79-68(98)28-30-71(100)102-79)84(107-91(116)123)112-36-33-109(44-50(112)9)72(118)15-3/h15-32,39-43,47-48,50-51,69H,3,13-14,33-38,44-46H2,1-2,4-12H3,(H2,99,101)(H2,100,102)/b31-23-,32-25-/t50-,51-,69?/m0/s1. The largest absolute Gasteiger partial charge is 0.467 e. The number of rotatable bonds is 19. The molecule has 4 N–H and O–H groups in total. The van der Waals surface area contributed by atoms with Crippen LogP contribution in [0, 0.1) is 25.5 Å². The third-order valence-corrected chi connectivity index (χ3v) is 24.5. The number of carbonyl (C=O) groups is 4. The maximum Gasteiger partial charge on any atom is 0.355 e. The van der Waals surface area contributed by atoms with Gasteiger partial charge in [-0.15, -0.1) is 0 Å². The third kappa shape index (κ3) is 16.4. The number of anilines is 5. The number of hydrogen-bond acceptors (Lipinski definition) is 21. The summed E-state index contributed by atoms with van der Waals surface area (Å²) in [5, 5.41) is 1.43. The van der Waals surface area contributed by atoms with Crippen LogP contribution in [0.2, 0.25) is 20.1 Å². The molecule has 0 spiro atoms. The molecule has 0 bridgehead atoms. The van der Waals surface area contributed by atoms with Crippen LogP contribution in [-0.4, -0.2) is 176 Å². The average Bonchev–Trinajstić information content (AvgIpc) is 0.743. The smallest absolute Gasteiger partial charge is 0.355 e. The van der Waals surface area contributed by atoms with E-state index < -0.39 is 46.6 Å². The Balaban J connectivity index is 0.734. The van der Waals surface area contributed by atoms with E-state index in [2.05, 4.69) is 16.5 Å². The molecule has 3 fully saturated rings. The summed E-state index contributed by atoms with van der Waals surface area (Å²) in [7, 11) is 1.20. The van der Waals surface area contributed by atoms with E-state index in [0.29, 0.717) is 79.9 Å². The van der Waals surface area contributed by atoms with Crippen LogP contribution >= 0.6 is 46.4 Å². The molecule has 642 valence electrons. The molecule has 125 heavy (non-hydrogen) atoms. The summed E-state index contributed by atoms with van der Waals surface area (Å²) in [5.74, 6) is -2.72. The first kappa shape index (κ1) is 87.1. The number of esters is 1. The van der Waals surface area contributed by atoms with E-state index >= 15 is 18.4 Å². The van der Waals surface area contributed by atoms with E-state index in [1.54, 1.807) is 64.1 Å². The van der Waals surface area contributed by atoms with Gasteiger partial charge in [0.25, 0.3) is 0 Å². The quantitative estimate of drug-likeness (QED) is 0.0561. The number of amides is 3. The van der Waals surface area contributed by atoms with Crippen LogP contribution < -0.4 is 43.2 Å². The number of nitrogen functional groups attached to an aromatic ring is 2. The Morgan fingerprint density at radius 2 is 0.968 bits per heavy atom. The zero-order chi connectivity index (χ0) is 89.2. The number of halogens is 6. The van der Waals surface area contributed by atoms with Gasteiger partial charge in [0.05, 0.1) is 72.7 Å². The molecular formula is C92H89Cl4F2N19O8. The second-order valence-electron chi connectivity index (χ2n) is 31.8. The fourth-order valence-corrected chi connectivity index (χ4v) is 18.0. The minimum absolute atomic E-state index is 0.00660. The molecule has 27 nitrogen and oxygen atoms in total. The monoisotopic (exact) mass is 1770 g/mol. The zero-order valence-electron chi connectivity index (χ0n) is 70.4. The number of para-hydroxylation sites is 1. The fraction of sp³-hybridized carbons (Fsp3) is 0.293. The van der Waals surface area contributed by atoms with Crippen molar-refractivity contribution in [3.63, 3.8) is 0 Å². The maximum absolute atomic E-state index is 16.1. The summed E-state index contributed by atoms with van der Waals surface area (Å²) in [6, 6.07) is 27.6. The lowest BCUT2D eigenvalue weighted by molar-refractivity contribution is -0.144. The molecule has 0 saturated carbocycles. The lowest BCUT2D eigenvalue weighted by Crippen LogP contribution is -2.58. The van der Waals surface area contributed by atoms with Crippen LogP contribution in [0.4, 0.5) is 37.9 Å². The zero-order valence-corrected chi connectivity index (χ0v) is 73.5. The van der Waals surface area contributed by atoms with Gasteiger partial charge in [-0.1, -0.05) is 137 Å². The molecule has 8 aromatic heterocycles. The number of benzene rings is 4. The van der Waals surface area contributed by atoms with Crippen LogP contribution in [0.25, 0.3) is 96.3 Å². The lowest BCUT2D eigenvalue weighted by Gasteiger charge is -2.40. The van der Waals surface area contributed by atoms with Gasteiger partial charge in [-0.3, -0.25) is 14.4 Å². The maximum atomic E-state index is 16.1. The highest BCUT2D eigenvalue weighted by atomic mass is 35.5. The number of pyridine rings is 5. The predicted molar refractivity (Wildman–Crippen MR) is 487 cm³/mol. The first-order chi connectivity index (χ1) is 59.8. The number of nitrogens with zero attached hydrogens (tertiary/aromatic N) is 17. The lowest BCUT2D eigenvalue weighted by atomic mass is 9.94. The van der Waals surface area contributed by atoms with Crippen molar-refractivity contribution in [1.29, 1.82) is 0 Å². The fourth-order valence-electron chi connectivity index (χ4n) is 17.0. The van der Waals surface area contributed by atoms with E-state index in [1.165, 1.54) is 74.3 Å². The minimum Gasteiger partial charge on any atom is -0.467 e. The number of nitrogens with two attached hydrogens (primary N) is 2. The second-order valence-corrected chi connectivity index (χ2v) is 33.4. The molecule has 12 aromatic rings. The predicted octanol–water partition coefficient (Wildman–Crippen LogP) is 14.7. The normalized spacial score (nSPS) is 15.9. The summed E-state index contributed by atoms with van der Waals surface area (Å²) < 4.78 is 41.6. The van der Waals surface area contributed by atoms with Crippen LogP contribution in [0.5, 0.6) is 0 Å². The number of carbonyl (C=O) groups excluding carboxylic acids is 4. The Labute approximate surface area is 737 Å². The Bertz CT molecular complexity index is 6710. The summed E-state index contributed by atoms with van der Waals surface area (Å²) in [6.45, 7) is 24.2. The van der Waals surface area contributed by atoms with Gasteiger partial charge < -0.3 is 45.6 Å². The molecule has 33 heteroatoms. The van der Waals surface area contributed by atoms with Crippen LogP contribution in [0.3, 0.4) is 0 Å². The SMILES string of the molecule is C=CC(=O)N1CCN(c2nc(=O)n(-c3c(C(C)C)ccc(/C=C\C(=O)N4CCN(c5nc(=O)n(-c6c(CC)cc(/C=C\C(=O)N7CCN(c8nc(=O)n(-c9c(C)cccc9C(C)C)c9nc(-c%10nc(N)ccc%10Cl)c(Cl)cc89)[C@@H](C)C7)cc6CC)c6nc(-c7ccccc7F)c(Cl)cc56)C(C(=O)OC)C4)c3C)c3nc(-c4nc(N)ccc4F)c(Cl)cc23)[C@@H](C)C1. The van der Waals surface area contributed by atoms with Crippen molar-refractivity contribution in [1.82, 2.24) is 68.3 Å². The molecule has 11 heterocycles. The average molecular weight is 1770 g/mol. The number of methoxy groups -OCH3 is 1. The van der Waals surface area contributed by atoms with Crippen molar-refractivity contribution in [2.75, 3.05) is 92.2 Å². The molecule has 4 aromatic carbocycles. The topological polar surface area (TPSA) is 318 Å². The summed E-state index contributed by atoms with van der Waals surface area (Å²) in [4.78, 5) is 150. The molecule has 0 aliphatic carbocycles. The molecule has 3 saturated heterocycles. The number of piperazine rings is 3. The van der Waals surface area contributed by atoms with Crippen LogP contribution in [0.1, 0.15) is 112 Å². The Hall–Kier alpha value is -12.8. The Morgan fingerprint density at radius 1 is 0.504 bits per heavy atom. The highest BCUT2D eigenvalue weighted by molar-refractivity contribution is 6.37. The van der Waals surface area contributed by atoms with Gasteiger partial charge in [0, 0.05) is 82.2 Å². The molecule has 15 rings (SSSR count). The first-order valence-corrected chi connectivity index (χ1v) is 42.5. The van der Waals surface area contributed by atoms with E-state index in [-0.39, 0.29) is 194 Å². The van der Waals surface area contributed by atoms with Gasteiger partial charge in [-0.25, -0.2) is 66.6 Å². The number of hydrogen-bond donors (Lipinski definition) is 2. The molecular weight excluding hydrogens is 1680 g/mol. The molecule has 3 aliphatic heterocycles. The van der Waals surface area contributed by atoms with Gasteiger partial charge in [-0.05, 0) is 182 Å². The van der Waals surface area contributed by atoms with Crippen molar-refractivity contribution < 1.29 is 32.7 Å². The van der Waals surface area contributed by atoms with Crippen molar-refractivity contribution in [3.8, 4) is 51.1 Å². The minimum atomic E-state index is -1.28. The highest BCUT2D eigenvalue weighted by Gasteiger charge is 2.40. The van der Waals surface area contributed by atoms with Gasteiger partial charge >= 0.3 is 23.0 Å². The highest BCUT2D eigenvalue weighted by Crippen LogP contribution is 2.43. The second kappa shape index (κ2) is 35.4. The molecule has 0 radical (unpaired) electrons. The number of aryl methyl sites for hydroxylation is 3. The number of aromatic nitrogens is 11. The van der Waals surface area contributed by atoms with Gasteiger partial charge in [-0.2, -0.15) is 15.0 Å². The third-order valence-electron chi connectivity index (χ3n) is 23.3. The molecule has 1 unspecified atom stereocenters. The Morgan fingerprint density at radius 3 is 1.50 bits per heavy atom. The van der Waals surface area contributed by atoms with Crippen LogP contribution in [-0.2, 0) is 36.8 Å². The van der Waals surface area contributed by atoms with Crippen molar-refractivity contribution >= 4 is 144 Å². The summed E-state index contributed by atoms with van der Waals surface area (Å²) in [5.41, 5.74) is 17.4. The number of ether oxygens (including phenoxy) is 1. The molecule has 3 amide bonds. The van der Waals surface area contributed by atoms with Crippen LogP contribution in [0.15, 0.2) is 148 Å². The van der Waals surface area contributed by atoms with Crippen molar-refractivity contribution in [2.24, 2.45) is 0 Å². The van der Waals surface area contributed by atoms with E-state index in [4.69, 9.17) is 92.5 Å². The molecule has 3 aliphatic rings. The van der Waals surface area contributed by atoms with E-state index in [9.17, 15) is 24.0 Å². The van der Waals surface area contributed by atoms with Gasteiger partial charge in [0.2, 0.25) is 17.7 Å². The first-order valence-electron chi connectivity index (χ1n) is 40.9. The van der Waals surface area contributed by atoms with E-state index in [1.807, 2.05) is 115 Å². The summed E-state index contributed by atoms with van der Waals surface area (Å²) >= 11 is 28.1. The van der Waals surface area contributed by atoms with Gasteiger partial charge in [0.1, 0.15) is 63.7 Å².